The minimum Gasteiger partial charge on any atom is -0.140 e. The molecule has 0 aliphatic rings. The maximum atomic E-state index is 5.61. The van der Waals surface area contributed by atoms with Gasteiger partial charge in [-0.25, -0.2) is 0 Å². The minimum absolute atomic E-state index is 0.375. The first kappa shape index (κ1) is 9.70. The highest BCUT2D eigenvalue weighted by Crippen LogP contribution is 2.01. The van der Waals surface area contributed by atoms with Crippen LogP contribution in [0, 0.1) is 11.8 Å². The van der Waals surface area contributed by atoms with Gasteiger partial charge in [-0.1, -0.05) is 35.7 Å². The number of rotatable bonds is 0. The van der Waals surface area contributed by atoms with Crippen molar-refractivity contribution in [2.45, 2.75) is 0 Å². The van der Waals surface area contributed by atoms with Crippen LogP contribution >= 0.6 is 11.6 Å². The molecule has 2 rings (SSSR count). The molecule has 0 N–H and O–H groups in total. The van der Waals surface area contributed by atoms with E-state index in [-0.39, 0.29) is 0 Å². The molecule has 0 saturated carbocycles. The molecule has 1 heterocycles. The van der Waals surface area contributed by atoms with Gasteiger partial charge in [0.25, 0.3) is 0 Å². The summed E-state index contributed by atoms with van der Waals surface area (Å²) in [6.45, 7) is 0. The van der Waals surface area contributed by atoms with Gasteiger partial charge in [0.05, 0.1) is 0 Å². The largest absolute Gasteiger partial charge is 0.151 e. The molecule has 0 radical (unpaired) electrons. The molecule has 0 spiro atoms. The summed E-state index contributed by atoms with van der Waals surface area (Å²) in [4.78, 5) is 0. The second-order valence-corrected chi connectivity index (χ2v) is 3.24. The lowest BCUT2D eigenvalue weighted by molar-refractivity contribution is 1.01. The maximum absolute atomic E-state index is 5.61. The van der Waals surface area contributed by atoms with Crippen molar-refractivity contribution < 1.29 is 0 Å². The van der Waals surface area contributed by atoms with Crippen LogP contribution in [-0.4, -0.2) is 10.2 Å². The molecule has 2 aromatic rings. The van der Waals surface area contributed by atoms with Gasteiger partial charge in [-0.05, 0) is 30.2 Å². The normalized spacial score (nSPS) is 9.13. The molecule has 0 aliphatic carbocycles. The lowest BCUT2D eigenvalue weighted by Gasteiger charge is -1.88. The number of benzene rings is 1. The van der Waals surface area contributed by atoms with Gasteiger partial charge in [-0.15, -0.1) is 10.2 Å². The molecule has 1 aromatic carbocycles. The van der Waals surface area contributed by atoms with Crippen LogP contribution in [0.5, 0.6) is 0 Å². The van der Waals surface area contributed by atoms with Gasteiger partial charge in [-0.2, -0.15) is 0 Å². The molecule has 15 heavy (non-hydrogen) atoms. The number of hydrogen-bond acceptors (Lipinski definition) is 2. The number of aromatic nitrogens is 2. The molecule has 0 aliphatic heterocycles. The Morgan fingerprint density at radius 3 is 2.33 bits per heavy atom. The van der Waals surface area contributed by atoms with E-state index in [0.29, 0.717) is 10.8 Å². The van der Waals surface area contributed by atoms with E-state index in [0.717, 1.165) is 5.56 Å². The second kappa shape index (κ2) is 4.59. The summed E-state index contributed by atoms with van der Waals surface area (Å²) in [6, 6.07) is 13.1. The monoisotopic (exact) mass is 214 g/mol. The van der Waals surface area contributed by atoms with E-state index in [1.165, 1.54) is 0 Å². The highest BCUT2D eigenvalue weighted by molar-refractivity contribution is 6.29. The lowest BCUT2D eigenvalue weighted by atomic mass is 10.2. The van der Waals surface area contributed by atoms with Crippen LogP contribution in [0.1, 0.15) is 11.3 Å². The molecule has 0 atom stereocenters. The van der Waals surface area contributed by atoms with Crippen LogP contribution in [0.4, 0.5) is 0 Å². The molecule has 0 amide bonds. The Bertz CT molecular complexity index is 495. The summed E-state index contributed by atoms with van der Waals surface area (Å²) in [7, 11) is 0. The van der Waals surface area contributed by atoms with E-state index in [9.17, 15) is 0 Å². The van der Waals surface area contributed by atoms with Gasteiger partial charge in [0, 0.05) is 5.56 Å². The Hall–Kier alpha value is -1.85. The van der Waals surface area contributed by atoms with Crippen molar-refractivity contribution in [3.63, 3.8) is 0 Å². The fourth-order valence-electron chi connectivity index (χ4n) is 1.04. The average molecular weight is 215 g/mol. The summed E-state index contributed by atoms with van der Waals surface area (Å²) in [5, 5.41) is 7.92. The van der Waals surface area contributed by atoms with Crippen LogP contribution < -0.4 is 0 Å². The molecule has 2 nitrogen and oxygen atoms in total. The Labute approximate surface area is 92.9 Å². The zero-order valence-corrected chi connectivity index (χ0v) is 8.57. The number of halogens is 1. The minimum atomic E-state index is 0.375. The highest BCUT2D eigenvalue weighted by Gasteiger charge is 1.90. The third-order valence-corrected chi connectivity index (χ3v) is 1.94. The van der Waals surface area contributed by atoms with E-state index in [1.54, 1.807) is 12.1 Å². The molecule has 0 fully saturated rings. The van der Waals surface area contributed by atoms with Crippen molar-refractivity contribution in [1.82, 2.24) is 10.2 Å². The average Bonchev–Trinajstić information content (AvgIpc) is 2.30. The van der Waals surface area contributed by atoms with Crippen LogP contribution in [0.3, 0.4) is 0 Å². The van der Waals surface area contributed by atoms with Crippen molar-refractivity contribution in [3.05, 3.63) is 58.9 Å². The first-order chi connectivity index (χ1) is 7.34. The van der Waals surface area contributed by atoms with Crippen LogP contribution in [0.15, 0.2) is 42.5 Å². The summed E-state index contributed by atoms with van der Waals surface area (Å²) in [5.74, 6) is 5.89. The first-order valence-electron chi connectivity index (χ1n) is 4.41. The van der Waals surface area contributed by atoms with Crippen molar-refractivity contribution in [1.29, 1.82) is 0 Å². The molecule has 0 bridgehead atoms. The van der Waals surface area contributed by atoms with E-state index in [1.807, 2.05) is 30.3 Å². The quantitative estimate of drug-likeness (QED) is 0.630. The van der Waals surface area contributed by atoms with E-state index >= 15 is 0 Å². The van der Waals surface area contributed by atoms with Gasteiger partial charge in [0.2, 0.25) is 0 Å². The number of nitrogens with zero attached hydrogens (tertiary/aromatic N) is 2. The Balaban J connectivity index is 2.22. The Morgan fingerprint density at radius 2 is 1.67 bits per heavy atom. The molecule has 0 saturated heterocycles. The van der Waals surface area contributed by atoms with E-state index < -0.39 is 0 Å². The van der Waals surface area contributed by atoms with E-state index in [4.69, 9.17) is 11.6 Å². The van der Waals surface area contributed by atoms with Crippen molar-refractivity contribution in [2.24, 2.45) is 0 Å². The molecule has 1 aromatic heterocycles. The van der Waals surface area contributed by atoms with Crippen LogP contribution in [-0.2, 0) is 0 Å². The molecular weight excluding hydrogens is 208 g/mol. The highest BCUT2D eigenvalue weighted by atomic mass is 35.5. The predicted octanol–water partition coefficient (Wildman–Crippen LogP) is 2.53. The van der Waals surface area contributed by atoms with Gasteiger partial charge in [0.1, 0.15) is 5.69 Å². The Morgan fingerprint density at radius 1 is 0.867 bits per heavy atom. The third kappa shape index (κ3) is 2.80. The van der Waals surface area contributed by atoms with E-state index in [2.05, 4.69) is 22.0 Å². The summed E-state index contributed by atoms with van der Waals surface area (Å²) in [6.07, 6.45) is 0. The van der Waals surface area contributed by atoms with Crippen LogP contribution in [0.25, 0.3) is 0 Å². The SMILES string of the molecule is Clc1ccc(C#Cc2ccccc2)nn1. The summed E-state index contributed by atoms with van der Waals surface area (Å²) in [5.41, 5.74) is 1.57. The van der Waals surface area contributed by atoms with Crippen molar-refractivity contribution in [2.75, 3.05) is 0 Å². The summed E-state index contributed by atoms with van der Waals surface area (Å²) >= 11 is 5.61. The number of hydrogen-bond donors (Lipinski definition) is 0. The molecule has 0 unspecified atom stereocenters. The lowest BCUT2D eigenvalue weighted by Crippen LogP contribution is -1.86. The zero-order chi connectivity index (χ0) is 10.5. The fourth-order valence-corrected chi connectivity index (χ4v) is 1.14. The molecule has 3 heteroatoms. The van der Waals surface area contributed by atoms with Gasteiger partial charge >= 0.3 is 0 Å². The standard InChI is InChI=1S/C12H7ClN2/c13-12-9-8-11(14-15-12)7-6-10-4-2-1-3-5-10/h1-5,8-9H. The van der Waals surface area contributed by atoms with Crippen LogP contribution in [0.2, 0.25) is 5.15 Å². The summed E-state index contributed by atoms with van der Waals surface area (Å²) < 4.78 is 0. The predicted molar refractivity (Wildman–Crippen MR) is 59.5 cm³/mol. The van der Waals surface area contributed by atoms with Crippen molar-refractivity contribution >= 4 is 11.6 Å². The Kier molecular flexibility index (Phi) is 2.96. The topological polar surface area (TPSA) is 25.8 Å². The van der Waals surface area contributed by atoms with Gasteiger partial charge in [-0.3, -0.25) is 0 Å². The third-order valence-electron chi connectivity index (χ3n) is 1.74. The zero-order valence-electron chi connectivity index (χ0n) is 7.81. The smallest absolute Gasteiger partial charge is 0.140 e. The first-order valence-corrected chi connectivity index (χ1v) is 4.79. The molecule has 72 valence electrons. The van der Waals surface area contributed by atoms with Gasteiger partial charge in [0.15, 0.2) is 5.15 Å². The van der Waals surface area contributed by atoms with Gasteiger partial charge < -0.3 is 0 Å². The fraction of sp³-hybridized carbons (Fsp3) is 0. The van der Waals surface area contributed by atoms with Crippen molar-refractivity contribution in [3.8, 4) is 11.8 Å². The maximum Gasteiger partial charge on any atom is 0.151 e. The second-order valence-electron chi connectivity index (χ2n) is 2.86. The molecular formula is C12H7ClN2.